The van der Waals surface area contributed by atoms with Gasteiger partial charge >= 0.3 is 6.18 Å². The van der Waals surface area contributed by atoms with Gasteiger partial charge in [-0.25, -0.2) is 4.68 Å². The van der Waals surface area contributed by atoms with Crippen molar-refractivity contribution in [3.05, 3.63) is 40.3 Å². The summed E-state index contributed by atoms with van der Waals surface area (Å²) >= 11 is 0. The summed E-state index contributed by atoms with van der Waals surface area (Å²) in [4.78, 5) is 12.1. The highest BCUT2D eigenvalue weighted by Gasteiger charge is 2.31. The molecule has 4 nitrogen and oxygen atoms in total. The van der Waals surface area contributed by atoms with Crippen LogP contribution in [0.1, 0.15) is 12.1 Å². The zero-order valence-electron chi connectivity index (χ0n) is 10.7. The first kappa shape index (κ1) is 14.5. The molecule has 0 aliphatic carbocycles. The largest absolute Gasteiger partial charge is 0.391 e. The molecule has 0 saturated carbocycles. The second kappa shape index (κ2) is 5.24. The van der Waals surface area contributed by atoms with Gasteiger partial charge in [0.25, 0.3) is 5.56 Å². The molecule has 0 amide bonds. The Bertz CT molecular complexity index is 679. The van der Waals surface area contributed by atoms with Gasteiger partial charge in [0.05, 0.1) is 30.1 Å². The van der Waals surface area contributed by atoms with Crippen LogP contribution in [0.2, 0.25) is 0 Å². The molecule has 0 aliphatic heterocycles. The number of benzene rings is 1. The van der Waals surface area contributed by atoms with Gasteiger partial charge in [-0.1, -0.05) is 18.2 Å². The lowest BCUT2D eigenvalue weighted by atomic mass is 10.1. The van der Waals surface area contributed by atoms with E-state index in [4.69, 9.17) is 0 Å². The van der Waals surface area contributed by atoms with E-state index in [-0.39, 0.29) is 0 Å². The lowest BCUT2D eigenvalue weighted by Crippen LogP contribution is -2.32. The number of alkyl halides is 3. The number of fused-ring (bicyclic) bond motifs is 1. The molecule has 1 atom stereocenters. The van der Waals surface area contributed by atoms with Crippen LogP contribution in [0.3, 0.4) is 0 Å². The zero-order valence-corrected chi connectivity index (χ0v) is 10.7. The van der Waals surface area contributed by atoms with E-state index in [1.807, 2.05) is 0 Å². The minimum atomic E-state index is -4.48. The van der Waals surface area contributed by atoms with Gasteiger partial charge in [0.2, 0.25) is 0 Å². The van der Waals surface area contributed by atoms with Crippen LogP contribution in [0.4, 0.5) is 13.2 Å². The molecule has 0 radical (unpaired) electrons. The Kier molecular flexibility index (Phi) is 3.80. The number of aliphatic hydroxyl groups excluding tert-OH is 1. The van der Waals surface area contributed by atoms with Crippen LogP contribution in [0.15, 0.2) is 29.1 Å². The van der Waals surface area contributed by atoms with E-state index < -0.39 is 30.8 Å². The fourth-order valence-corrected chi connectivity index (χ4v) is 2.06. The van der Waals surface area contributed by atoms with E-state index >= 15 is 0 Å². The molecule has 1 aromatic heterocycles. The molecule has 0 fully saturated rings. The first-order valence-corrected chi connectivity index (χ1v) is 5.99. The minimum absolute atomic E-state index is 0.374. The summed E-state index contributed by atoms with van der Waals surface area (Å²) in [5, 5.41) is 14.4. The second-order valence-electron chi connectivity index (χ2n) is 4.59. The van der Waals surface area contributed by atoms with E-state index in [1.165, 1.54) is 0 Å². The van der Waals surface area contributed by atoms with Gasteiger partial charge in [0, 0.05) is 5.39 Å². The van der Waals surface area contributed by atoms with Gasteiger partial charge in [-0.3, -0.25) is 4.79 Å². The van der Waals surface area contributed by atoms with E-state index in [0.29, 0.717) is 16.5 Å². The monoisotopic (exact) mass is 286 g/mol. The van der Waals surface area contributed by atoms with Crippen LogP contribution in [-0.4, -0.2) is 27.2 Å². The van der Waals surface area contributed by atoms with Crippen molar-refractivity contribution in [3.8, 4) is 0 Å². The quantitative estimate of drug-likeness (QED) is 0.939. The van der Waals surface area contributed by atoms with Crippen molar-refractivity contribution in [2.45, 2.75) is 32.2 Å². The average Bonchev–Trinajstić information content (AvgIpc) is 2.33. The molecule has 1 N–H and O–H groups in total. The van der Waals surface area contributed by atoms with Crippen LogP contribution >= 0.6 is 0 Å². The number of rotatable bonds is 3. The van der Waals surface area contributed by atoms with Gasteiger partial charge in [-0.15, -0.1) is 0 Å². The first-order chi connectivity index (χ1) is 9.28. The molecule has 2 aromatic rings. The maximum atomic E-state index is 12.2. The third kappa shape index (κ3) is 3.16. The molecule has 2 rings (SSSR count). The fraction of sp³-hybridized carbons (Fsp3) is 0.385. The topological polar surface area (TPSA) is 55.1 Å². The molecular weight excluding hydrogens is 273 g/mol. The number of aromatic nitrogens is 2. The molecule has 0 spiro atoms. The van der Waals surface area contributed by atoms with Crippen LogP contribution < -0.4 is 5.56 Å². The predicted octanol–water partition coefficient (Wildman–Crippen LogP) is 2.02. The zero-order chi connectivity index (χ0) is 14.9. The Morgan fingerprint density at radius 3 is 2.50 bits per heavy atom. The summed E-state index contributed by atoms with van der Waals surface area (Å²) in [7, 11) is 0. The number of aliphatic hydroxyl groups is 1. The van der Waals surface area contributed by atoms with Crippen LogP contribution in [-0.2, 0) is 6.54 Å². The molecule has 0 bridgehead atoms. The lowest BCUT2D eigenvalue weighted by Gasteiger charge is -2.15. The highest BCUT2D eigenvalue weighted by molar-refractivity contribution is 5.83. The van der Waals surface area contributed by atoms with Crippen LogP contribution in [0.25, 0.3) is 10.8 Å². The third-order valence-electron chi connectivity index (χ3n) is 2.90. The summed E-state index contributed by atoms with van der Waals surface area (Å²) in [6.07, 6.45) is -7.54. The molecule has 1 aromatic carbocycles. The molecule has 108 valence electrons. The maximum absolute atomic E-state index is 12.2. The normalized spacial score (nSPS) is 13.7. The molecule has 1 heterocycles. The Morgan fingerprint density at radius 2 is 1.90 bits per heavy atom. The standard InChI is InChI=1S/C13H13F3N2O2/c1-8-10-4-2-3-5-11(10)12(20)18(17-8)7-9(19)6-13(14,15)16/h2-5,9,19H,6-7H2,1H3. The minimum Gasteiger partial charge on any atom is -0.391 e. The molecule has 20 heavy (non-hydrogen) atoms. The number of aryl methyl sites for hydroxylation is 1. The van der Waals surface area contributed by atoms with Crippen molar-refractivity contribution < 1.29 is 18.3 Å². The van der Waals surface area contributed by atoms with Crippen molar-refractivity contribution in [2.24, 2.45) is 0 Å². The SMILES string of the molecule is Cc1nn(CC(O)CC(F)(F)F)c(=O)c2ccccc12. The van der Waals surface area contributed by atoms with Crippen molar-refractivity contribution in [3.63, 3.8) is 0 Å². The third-order valence-corrected chi connectivity index (χ3v) is 2.90. The summed E-state index contributed by atoms with van der Waals surface area (Å²) in [6, 6.07) is 6.72. The highest BCUT2D eigenvalue weighted by atomic mass is 19.4. The van der Waals surface area contributed by atoms with Gasteiger partial charge < -0.3 is 5.11 Å². The summed E-state index contributed by atoms with van der Waals surface area (Å²) in [5.74, 6) is 0. The Morgan fingerprint density at radius 1 is 1.30 bits per heavy atom. The molecule has 1 unspecified atom stereocenters. The first-order valence-electron chi connectivity index (χ1n) is 5.99. The molecule has 0 aliphatic rings. The summed E-state index contributed by atoms with van der Waals surface area (Å²) < 4.78 is 37.4. The smallest absolute Gasteiger partial charge is 0.391 e. The number of nitrogens with zero attached hydrogens (tertiary/aromatic N) is 2. The van der Waals surface area contributed by atoms with Crippen molar-refractivity contribution in [1.29, 1.82) is 0 Å². The van der Waals surface area contributed by atoms with Crippen LogP contribution in [0.5, 0.6) is 0 Å². The summed E-state index contributed by atoms with van der Waals surface area (Å²) in [6.45, 7) is 1.18. The van der Waals surface area contributed by atoms with E-state index in [2.05, 4.69) is 5.10 Å². The Hall–Kier alpha value is -1.89. The Balaban J connectivity index is 2.36. The number of halogens is 3. The van der Waals surface area contributed by atoms with Gasteiger partial charge in [0.1, 0.15) is 0 Å². The number of hydrogen-bond donors (Lipinski definition) is 1. The lowest BCUT2D eigenvalue weighted by molar-refractivity contribution is -0.155. The average molecular weight is 286 g/mol. The molecule has 0 saturated heterocycles. The highest BCUT2D eigenvalue weighted by Crippen LogP contribution is 2.22. The van der Waals surface area contributed by atoms with Crippen molar-refractivity contribution >= 4 is 10.8 Å². The van der Waals surface area contributed by atoms with Gasteiger partial charge in [0.15, 0.2) is 0 Å². The maximum Gasteiger partial charge on any atom is 0.391 e. The summed E-state index contributed by atoms with van der Waals surface area (Å²) in [5.41, 5.74) is 0.0202. The molecular formula is C13H13F3N2O2. The van der Waals surface area contributed by atoms with Gasteiger partial charge in [-0.2, -0.15) is 18.3 Å². The van der Waals surface area contributed by atoms with Crippen molar-refractivity contribution in [2.75, 3.05) is 0 Å². The van der Waals surface area contributed by atoms with E-state index in [0.717, 1.165) is 4.68 Å². The van der Waals surface area contributed by atoms with Crippen LogP contribution in [0, 0.1) is 6.92 Å². The van der Waals surface area contributed by atoms with Gasteiger partial charge in [-0.05, 0) is 13.0 Å². The number of hydrogen-bond acceptors (Lipinski definition) is 3. The van der Waals surface area contributed by atoms with E-state index in [1.54, 1.807) is 31.2 Å². The molecule has 7 heteroatoms. The fourth-order valence-electron chi connectivity index (χ4n) is 2.06. The predicted molar refractivity (Wildman–Crippen MR) is 67.4 cm³/mol. The van der Waals surface area contributed by atoms with E-state index in [9.17, 15) is 23.1 Å². The second-order valence-corrected chi connectivity index (χ2v) is 4.59. The Labute approximate surface area is 112 Å². The van der Waals surface area contributed by atoms with Crippen molar-refractivity contribution in [1.82, 2.24) is 9.78 Å².